The Kier molecular flexibility index (Phi) is 3.69. The van der Waals surface area contributed by atoms with Gasteiger partial charge in [-0.15, -0.1) is 0 Å². The molecule has 0 aromatic heterocycles. The first-order chi connectivity index (χ1) is 10.0. The molecule has 0 saturated heterocycles. The fourth-order valence-electron chi connectivity index (χ4n) is 2.16. The molecule has 0 atom stereocenters. The van der Waals surface area contributed by atoms with Crippen molar-refractivity contribution in [1.29, 1.82) is 0 Å². The van der Waals surface area contributed by atoms with E-state index in [2.05, 4.69) is 26.6 Å². The lowest BCUT2D eigenvalue weighted by atomic mass is 10.1. The lowest BCUT2D eigenvalue weighted by molar-refractivity contribution is -0.115. The van der Waals surface area contributed by atoms with Crippen molar-refractivity contribution in [2.45, 2.75) is 6.42 Å². The van der Waals surface area contributed by atoms with E-state index in [1.54, 1.807) is 36.4 Å². The number of halogens is 2. The zero-order valence-electron chi connectivity index (χ0n) is 10.7. The van der Waals surface area contributed by atoms with Crippen LogP contribution in [-0.4, -0.2) is 11.8 Å². The van der Waals surface area contributed by atoms with E-state index in [1.807, 2.05) is 0 Å². The standard InChI is InChI=1S/C15H10BrClN2O2/c16-11-3-2-10(17)7-13(11)19-15(21)8-1-4-12-9(5-8)6-14(20)18-12/h1-5,7H,6H2,(H,18,20)(H,19,21). The first kappa shape index (κ1) is 14.1. The minimum atomic E-state index is -0.250. The summed E-state index contributed by atoms with van der Waals surface area (Å²) in [5.41, 5.74) is 2.69. The molecule has 1 aliphatic heterocycles. The van der Waals surface area contributed by atoms with Crippen LogP contribution in [0.5, 0.6) is 0 Å². The molecule has 0 aliphatic carbocycles. The molecule has 106 valence electrons. The van der Waals surface area contributed by atoms with Gasteiger partial charge in [0, 0.05) is 20.7 Å². The van der Waals surface area contributed by atoms with E-state index in [0.717, 1.165) is 15.7 Å². The number of rotatable bonds is 2. The monoisotopic (exact) mass is 364 g/mol. The van der Waals surface area contributed by atoms with Crippen molar-refractivity contribution < 1.29 is 9.59 Å². The lowest BCUT2D eigenvalue weighted by Gasteiger charge is -2.09. The number of benzene rings is 2. The largest absolute Gasteiger partial charge is 0.326 e. The van der Waals surface area contributed by atoms with Gasteiger partial charge in [0.25, 0.3) is 5.91 Å². The fourth-order valence-corrected chi connectivity index (χ4v) is 2.68. The SMILES string of the molecule is O=C1Cc2cc(C(=O)Nc3cc(Cl)ccc3Br)ccc2N1. The molecule has 0 spiro atoms. The van der Waals surface area contributed by atoms with Gasteiger partial charge in [-0.25, -0.2) is 0 Å². The van der Waals surface area contributed by atoms with Gasteiger partial charge in [-0.1, -0.05) is 11.6 Å². The number of hydrogen-bond acceptors (Lipinski definition) is 2. The molecule has 0 unspecified atom stereocenters. The van der Waals surface area contributed by atoms with Gasteiger partial charge in [0.05, 0.1) is 12.1 Å². The second kappa shape index (κ2) is 5.50. The van der Waals surface area contributed by atoms with Gasteiger partial charge in [-0.05, 0) is 57.9 Å². The van der Waals surface area contributed by atoms with E-state index >= 15 is 0 Å². The summed E-state index contributed by atoms with van der Waals surface area (Å²) in [6.07, 6.45) is 0.303. The van der Waals surface area contributed by atoms with E-state index in [1.165, 1.54) is 0 Å². The summed E-state index contributed by atoms with van der Waals surface area (Å²) in [6.45, 7) is 0. The summed E-state index contributed by atoms with van der Waals surface area (Å²) in [4.78, 5) is 23.6. The predicted molar refractivity (Wildman–Crippen MR) is 85.9 cm³/mol. The minimum absolute atomic E-state index is 0.0554. The van der Waals surface area contributed by atoms with Crippen molar-refractivity contribution in [2.75, 3.05) is 10.6 Å². The van der Waals surface area contributed by atoms with Crippen LogP contribution >= 0.6 is 27.5 Å². The van der Waals surface area contributed by atoms with Crippen LogP contribution in [0.25, 0.3) is 0 Å². The topological polar surface area (TPSA) is 58.2 Å². The molecular formula is C15H10BrClN2O2. The quantitative estimate of drug-likeness (QED) is 0.849. The molecule has 2 amide bonds. The molecule has 1 aliphatic rings. The molecular weight excluding hydrogens is 356 g/mol. The zero-order chi connectivity index (χ0) is 15.0. The van der Waals surface area contributed by atoms with Crippen LogP contribution in [0.1, 0.15) is 15.9 Å². The molecule has 2 N–H and O–H groups in total. The van der Waals surface area contributed by atoms with E-state index in [0.29, 0.717) is 22.7 Å². The first-order valence-electron chi connectivity index (χ1n) is 6.22. The zero-order valence-corrected chi connectivity index (χ0v) is 13.1. The van der Waals surface area contributed by atoms with E-state index in [-0.39, 0.29) is 11.8 Å². The van der Waals surface area contributed by atoms with Crippen LogP contribution in [0.15, 0.2) is 40.9 Å². The summed E-state index contributed by atoms with van der Waals surface area (Å²) in [7, 11) is 0. The molecule has 0 saturated carbocycles. The minimum Gasteiger partial charge on any atom is -0.326 e. The Morgan fingerprint density at radius 2 is 2.05 bits per heavy atom. The van der Waals surface area contributed by atoms with Crippen LogP contribution in [0, 0.1) is 0 Å². The third-order valence-electron chi connectivity index (χ3n) is 3.17. The Bertz CT molecular complexity index is 761. The summed E-state index contributed by atoms with van der Waals surface area (Å²) in [5, 5.41) is 6.07. The van der Waals surface area contributed by atoms with Gasteiger partial charge < -0.3 is 10.6 Å². The average Bonchev–Trinajstić information content (AvgIpc) is 2.81. The van der Waals surface area contributed by atoms with Crippen LogP contribution in [-0.2, 0) is 11.2 Å². The second-order valence-electron chi connectivity index (χ2n) is 4.68. The van der Waals surface area contributed by atoms with Gasteiger partial charge in [0.2, 0.25) is 5.91 Å². The van der Waals surface area contributed by atoms with Crippen molar-refractivity contribution in [3.63, 3.8) is 0 Å². The van der Waals surface area contributed by atoms with E-state index in [9.17, 15) is 9.59 Å². The van der Waals surface area contributed by atoms with Crippen LogP contribution in [0.2, 0.25) is 5.02 Å². The number of hydrogen-bond donors (Lipinski definition) is 2. The normalized spacial score (nSPS) is 12.8. The molecule has 0 fully saturated rings. The predicted octanol–water partition coefficient (Wildman–Crippen LogP) is 3.85. The van der Waals surface area contributed by atoms with Crippen molar-refractivity contribution in [2.24, 2.45) is 0 Å². The van der Waals surface area contributed by atoms with E-state index < -0.39 is 0 Å². The van der Waals surface area contributed by atoms with E-state index in [4.69, 9.17) is 11.6 Å². The average molecular weight is 366 g/mol. The van der Waals surface area contributed by atoms with Crippen molar-refractivity contribution in [3.05, 3.63) is 57.0 Å². The van der Waals surface area contributed by atoms with Gasteiger partial charge in [-0.3, -0.25) is 9.59 Å². The molecule has 3 rings (SSSR count). The highest BCUT2D eigenvalue weighted by Gasteiger charge is 2.19. The molecule has 2 aromatic rings. The summed E-state index contributed by atoms with van der Waals surface area (Å²) >= 11 is 9.28. The molecule has 0 radical (unpaired) electrons. The van der Waals surface area contributed by atoms with Crippen LogP contribution < -0.4 is 10.6 Å². The maximum absolute atomic E-state index is 12.3. The molecule has 6 heteroatoms. The number of amides is 2. The van der Waals surface area contributed by atoms with Crippen LogP contribution in [0.3, 0.4) is 0 Å². The Morgan fingerprint density at radius 3 is 2.86 bits per heavy atom. The van der Waals surface area contributed by atoms with Crippen LogP contribution in [0.4, 0.5) is 11.4 Å². The maximum Gasteiger partial charge on any atom is 0.255 e. The highest BCUT2D eigenvalue weighted by molar-refractivity contribution is 9.10. The smallest absolute Gasteiger partial charge is 0.255 e. The maximum atomic E-state index is 12.3. The Morgan fingerprint density at radius 1 is 1.24 bits per heavy atom. The third kappa shape index (κ3) is 2.94. The Hall–Kier alpha value is -1.85. The Balaban J connectivity index is 1.85. The third-order valence-corrected chi connectivity index (χ3v) is 4.10. The number of fused-ring (bicyclic) bond motifs is 1. The van der Waals surface area contributed by atoms with Gasteiger partial charge >= 0.3 is 0 Å². The molecule has 1 heterocycles. The van der Waals surface area contributed by atoms with Gasteiger partial charge in [0.15, 0.2) is 0 Å². The van der Waals surface area contributed by atoms with Crippen molar-refractivity contribution in [3.8, 4) is 0 Å². The molecule has 2 aromatic carbocycles. The van der Waals surface area contributed by atoms with Crippen molar-refractivity contribution >= 4 is 50.7 Å². The number of carbonyl (C=O) groups excluding carboxylic acids is 2. The molecule has 21 heavy (non-hydrogen) atoms. The molecule has 0 bridgehead atoms. The summed E-state index contributed by atoms with van der Waals surface area (Å²) in [6, 6.07) is 10.3. The lowest BCUT2D eigenvalue weighted by Crippen LogP contribution is -2.12. The first-order valence-corrected chi connectivity index (χ1v) is 7.39. The highest BCUT2D eigenvalue weighted by Crippen LogP contribution is 2.28. The Labute approximate surface area is 134 Å². The van der Waals surface area contributed by atoms with Crippen molar-refractivity contribution in [1.82, 2.24) is 0 Å². The van der Waals surface area contributed by atoms with Gasteiger partial charge in [-0.2, -0.15) is 0 Å². The number of nitrogens with one attached hydrogen (secondary N) is 2. The summed E-state index contributed by atoms with van der Waals surface area (Å²) in [5.74, 6) is -0.305. The fraction of sp³-hybridized carbons (Fsp3) is 0.0667. The molecule has 4 nitrogen and oxygen atoms in total. The number of carbonyl (C=O) groups is 2. The second-order valence-corrected chi connectivity index (χ2v) is 5.97. The highest BCUT2D eigenvalue weighted by atomic mass is 79.9. The number of anilines is 2. The van der Waals surface area contributed by atoms with Gasteiger partial charge in [0.1, 0.15) is 0 Å². The summed E-state index contributed by atoms with van der Waals surface area (Å²) < 4.78 is 0.748.